The molecule has 2 aromatic rings. The van der Waals surface area contributed by atoms with Gasteiger partial charge in [0.05, 0.1) is 13.2 Å². The van der Waals surface area contributed by atoms with Crippen molar-refractivity contribution < 1.29 is 14.6 Å². The fraction of sp³-hybridized carbons (Fsp3) is 0.474. The van der Waals surface area contributed by atoms with Crippen molar-refractivity contribution in [3.05, 3.63) is 47.8 Å². The lowest BCUT2D eigenvalue weighted by Crippen LogP contribution is -2.41. The summed E-state index contributed by atoms with van der Waals surface area (Å²) in [6, 6.07) is 9.84. The van der Waals surface area contributed by atoms with E-state index >= 15 is 0 Å². The minimum atomic E-state index is -0.173. The molecule has 0 bridgehead atoms. The molecule has 6 nitrogen and oxygen atoms in total. The normalized spacial score (nSPS) is 20.4. The summed E-state index contributed by atoms with van der Waals surface area (Å²) >= 11 is 0. The van der Waals surface area contributed by atoms with E-state index in [0.717, 1.165) is 42.9 Å². The van der Waals surface area contributed by atoms with Crippen molar-refractivity contribution in [1.29, 1.82) is 0 Å². The first-order chi connectivity index (χ1) is 12.3. The van der Waals surface area contributed by atoms with Crippen LogP contribution in [0.5, 0.6) is 5.75 Å². The lowest BCUT2D eigenvalue weighted by atomic mass is 9.91. The largest absolute Gasteiger partial charge is 0.492 e. The highest BCUT2D eigenvalue weighted by Gasteiger charge is 2.35. The second-order valence-corrected chi connectivity index (χ2v) is 6.70. The molecule has 4 rings (SSSR count). The highest BCUT2D eigenvalue weighted by molar-refractivity contribution is 5.85. The average Bonchev–Trinajstić information content (AvgIpc) is 3.28. The van der Waals surface area contributed by atoms with Crippen molar-refractivity contribution in [2.45, 2.75) is 31.2 Å². The maximum atomic E-state index is 12.9. The van der Waals surface area contributed by atoms with Gasteiger partial charge in [0.1, 0.15) is 18.3 Å². The van der Waals surface area contributed by atoms with Crippen molar-refractivity contribution >= 4 is 5.91 Å². The fourth-order valence-corrected chi connectivity index (χ4v) is 3.95. The van der Waals surface area contributed by atoms with Gasteiger partial charge in [-0.15, -0.1) is 0 Å². The minimum absolute atomic E-state index is 0.0904. The third-order valence-electron chi connectivity index (χ3n) is 5.28. The number of aliphatic hydroxyl groups excluding tert-OH is 1. The zero-order valence-corrected chi connectivity index (χ0v) is 14.2. The van der Waals surface area contributed by atoms with Crippen molar-refractivity contribution in [2.24, 2.45) is 0 Å². The molecule has 2 aliphatic heterocycles. The molecule has 1 N–H and O–H groups in total. The van der Waals surface area contributed by atoms with Gasteiger partial charge in [0.2, 0.25) is 5.91 Å². The van der Waals surface area contributed by atoms with Gasteiger partial charge >= 0.3 is 0 Å². The molecule has 6 heteroatoms. The van der Waals surface area contributed by atoms with Crippen LogP contribution in [-0.4, -0.2) is 52.0 Å². The van der Waals surface area contributed by atoms with Gasteiger partial charge in [-0.3, -0.25) is 9.48 Å². The van der Waals surface area contributed by atoms with Gasteiger partial charge in [-0.1, -0.05) is 18.2 Å². The summed E-state index contributed by atoms with van der Waals surface area (Å²) in [6.45, 7) is 2.57. The number of hydrogen-bond acceptors (Lipinski definition) is 4. The maximum absolute atomic E-state index is 12.9. The molecule has 0 radical (unpaired) electrons. The summed E-state index contributed by atoms with van der Waals surface area (Å²) in [5.74, 6) is 1.23. The quantitative estimate of drug-likeness (QED) is 0.920. The number of aromatic nitrogens is 2. The number of piperidine rings is 1. The van der Waals surface area contributed by atoms with Crippen LogP contribution < -0.4 is 4.74 Å². The van der Waals surface area contributed by atoms with Gasteiger partial charge in [-0.2, -0.15) is 5.10 Å². The Morgan fingerprint density at radius 1 is 1.24 bits per heavy atom. The molecular formula is C19H23N3O3. The van der Waals surface area contributed by atoms with E-state index in [1.807, 2.05) is 39.9 Å². The number of ether oxygens (including phenoxy) is 1. The molecule has 132 valence electrons. The topological polar surface area (TPSA) is 67.6 Å². The summed E-state index contributed by atoms with van der Waals surface area (Å²) < 4.78 is 7.54. The molecule has 1 amide bonds. The van der Waals surface area contributed by atoms with E-state index in [-0.39, 0.29) is 18.4 Å². The summed E-state index contributed by atoms with van der Waals surface area (Å²) in [4.78, 5) is 14.9. The Hall–Kier alpha value is -2.34. The van der Waals surface area contributed by atoms with Crippen LogP contribution in [-0.2, 0) is 11.3 Å². The van der Waals surface area contributed by atoms with Gasteiger partial charge in [0, 0.05) is 36.5 Å². The van der Waals surface area contributed by atoms with Crippen molar-refractivity contribution in [3.8, 4) is 5.75 Å². The van der Waals surface area contributed by atoms with Crippen LogP contribution in [0.3, 0.4) is 0 Å². The number of rotatable bonds is 4. The first kappa shape index (κ1) is 16.1. The van der Waals surface area contributed by atoms with Crippen LogP contribution in [0.2, 0.25) is 0 Å². The van der Waals surface area contributed by atoms with E-state index < -0.39 is 0 Å². The molecule has 1 aromatic heterocycles. The molecular weight excluding hydrogens is 318 g/mol. The number of aliphatic hydroxyl groups is 1. The number of carbonyl (C=O) groups is 1. The van der Waals surface area contributed by atoms with Crippen LogP contribution in [0, 0.1) is 0 Å². The molecule has 0 spiro atoms. The summed E-state index contributed by atoms with van der Waals surface area (Å²) in [5.41, 5.74) is 2.17. The van der Waals surface area contributed by atoms with Crippen LogP contribution in [0.15, 0.2) is 36.5 Å². The van der Waals surface area contributed by atoms with Gasteiger partial charge < -0.3 is 14.7 Å². The van der Waals surface area contributed by atoms with Crippen molar-refractivity contribution in [1.82, 2.24) is 14.7 Å². The number of benzene rings is 1. The molecule has 1 aromatic carbocycles. The van der Waals surface area contributed by atoms with Crippen LogP contribution in [0.25, 0.3) is 0 Å². The third-order valence-corrected chi connectivity index (χ3v) is 5.28. The molecule has 0 aliphatic carbocycles. The first-order valence-corrected chi connectivity index (χ1v) is 8.91. The Morgan fingerprint density at radius 2 is 2.04 bits per heavy atom. The smallest absolute Gasteiger partial charge is 0.233 e. The molecule has 1 atom stereocenters. The van der Waals surface area contributed by atoms with Crippen LogP contribution >= 0.6 is 0 Å². The Kier molecular flexibility index (Phi) is 4.44. The molecule has 1 saturated heterocycles. The highest BCUT2D eigenvalue weighted by atomic mass is 16.5. The lowest BCUT2D eigenvalue weighted by Gasteiger charge is -2.33. The average molecular weight is 341 g/mol. The standard InChI is InChI=1S/C19H23N3O3/c23-12-11-22-17(5-8-20-22)14-6-9-21(10-7-14)19(24)16-13-25-18-4-2-1-3-15(16)18/h1-5,8,14,16,23H,6-7,9-13H2. The van der Waals surface area contributed by atoms with Crippen molar-refractivity contribution in [2.75, 3.05) is 26.3 Å². The zero-order valence-electron chi connectivity index (χ0n) is 14.2. The fourth-order valence-electron chi connectivity index (χ4n) is 3.95. The van der Waals surface area contributed by atoms with E-state index in [1.165, 1.54) is 0 Å². The van der Waals surface area contributed by atoms with Gasteiger partial charge in [-0.25, -0.2) is 0 Å². The predicted octanol–water partition coefficient (Wildman–Crippen LogP) is 1.76. The monoisotopic (exact) mass is 341 g/mol. The predicted molar refractivity (Wildman–Crippen MR) is 92.5 cm³/mol. The number of likely N-dealkylation sites (tertiary alicyclic amines) is 1. The number of fused-ring (bicyclic) bond motifs is 1. The van der Waals surface area contributed by atoms with E-state index in [9.17, 15) is 4.79 Å². The molecule has 1 unspecified atom stereocenters. The summed E-state index contributed by atoms with van der Waals surface area (Å²) in [7, 11) is 0. The number of carbonyl (C=O) groups excluding carboxylic acids is 1. The number of nitrogens with zero attached hydrogens (tertiary/aromatic N) is 3. The van der Waals surface area contributed by atoms with Gasteiger partial charge in [-0.05, 0) is 25.0 Å². The minimum Gasteiger partial charge on any atom is -0.492 e. The Balaban J connectivity index is 1.41. The summed E-state index contributed by atoms with van der Waals surface area (Å²) in [5, 5.41) is 13.4. The lowest BCUT2D eigenvalue weighted by molar-refractivity contribution is -0.134. The zero-order chi connectivity index (χ0) is 17.2. The van der Waals surface area contributed by atoms with E-state index in [4.69, 9.17) is 9.84 Å². The highest BCUT2D eigenvalue weighted by Crippen LogP contribution is 2.36. The molecule has 25 heavy (non-hydrogen) atoms. The Bertz CT molecular complexity index is 750. The first-order valence-electron chi connectivity index (χ1n) is 8.91. The van der Waals surface area contributed by atoms with E-state index in [2.05, 4.69) is 5.10 Å². The molecule has 2 aliphatic rings. The SMILES string of the molecule is O=C(C1COc2ccccc21)N1CCC(c2ccnn2CCO)CC1. The third kappa shape index (κ3) is 3.02. The number of para-hydroxylation sites is 1. The van der Waals surface area contributed by atoms with Crippen molar-refractivity contribution in [3.63, 3.8) is 0 Å². The molecule has 0 saturated carbocycles. The Morgan fingerprint density at radius 3 is 2.84 bits per heavy atom. The van der Waals surface area contributed by atoms with Crippen LogP contribution in [0.4, 0.5) is 0 Å². The molecule has 3 heterocycles. The van der Waals surface area contributed by atoms with Crippen LogP contribution in [0.1, 0.15) is 35.9 Å². The second kappa shape index (κ2) is 6.88. The molecule has 1 fully saturated rings. The van der Waals surface area contributed by atoms with Gasteiger partial charge in [0.25, 0.3) is 0 Å². The van der Waals surface area contributed by atoms with E-state index in [0.29, 0.717) is 19.1 Å². The second-order valence-electron chi connectivity index (χ2n) is 6.70. The summed E-state index contributed by atoms with van der Waals surface area (Å²) in [6.07, 6.45) is 3.64. The van der Waals surface area contributed by atoms with Gasteiger partial charge in [0.15, 0.2) is 0 Å². The number of hydrogen-bond donors (Lipinski definition) is 1. The maximum Gasteiger partial charge on any atom is 0.233 e. The Labute approximate surface area is 147 Å². The van der Waals surface area contributed by atoms with E-state index in [1.54, 1.807) is 6.20 Å². The number of amides is 1.